The van der Waals surface area contributed by atoms with Gasteiger partial charge in [0.1, 0.15) is 5.69 Å². The van der Waals surface area contributed by atoms with Crippen LogP contribution >= 0.6 is 0 Å². The lowest BCUT2D eigenvalue weighted by Gasteiger charge is -2.32. The molecule has 1 aliphatic rings. The van der Waals surface area contributed by atoms with Gasteiger partial charge in [-0.25, -0.2) is 0 Å². The Labute approximate surface area is 145 Å². The van der Waals surface area contributed by atoms with Crippen molar-refractivity contribution in [2.45, 2.75) is 18.8 Å². The summed E-state index contributed by atoms with van der Waals surface area (Å²) in [6.07, 6.45) is 10.6. The molecule has 4 heterocycles. The highest BCUT2D eigenvalue weighted by atomic mass is 16.2. The van der Waals surface area contributed by atoms with Crippen molar-refractivity contribution in [1.29, 1.82) is 0 Å². The third kappa shape index (κ3) is 3.26. The SMILES string of the molecule is O=C(c1cc(-c2cccnc2)n[nH]1)N1CCCC(c2cnccn2)C1. The Hall–Kier alpha value is -3.09. The number of H-pyrrole nitrogens is 1. The van der Waals surface area contributed by atoms with Crippen LogP contribution in [0.4, 0.5) is 0 Å². The normalized spacial score (nSPS) is 17.4. The van der Waals surface area contributed by atoms with Gasteiger partial charge < -0.3 is 4.90 Å². The van der Waals surface area contributed by atoms with E-state index in [1.54, 1.807) is 37.1 Å². The van der Waals surface area contributed by atoms with E-state index in [9.17, 15) is 4.79 Å². The number of piperidine rings is 1. The summed E-state index contributed by atoms with van der Waals surface area (Å²) in [5, 5.41) is 7.10. The van der Waals surface area contributed by atoms with Gasteiger partial charge in [-0.15, -0.1) is 0 Å². The molecule has 126 valence electrons. The standard InChI is InChI=1S/C18H18N6O/c25-18(16-9-15(22-23-16)13-3-1-5-19-10-13)24-8-2-4-14(12-24)17-11-20-6-7-21-17/h1,3,5-7,9-11,14H,2,4,8,12H2,(H,22,23). The molecule has 1 unspecified atom stereocenters. The third-order valence-corrected chi connectivity index (χ3v) is 4.48. The number of aromatic nitrogens is 5. The Morgan fingerprint density at radius 3 is 2.92 bits per heavy atom. The van der Waals surface area contributed by atoms with E-state index in [0.29, 0.717) is 12.2 Å². The Balaban J connectivity index is 1.50. The molecular formula is C18H18N6O. The molecule has 4 rings (SSSR count). The molecule has 1 fully saturated rings. The van der Waals surface area contributed by atoms with Gasteiger partial charge in [0.15, 0.2) is 0 Å². The summed E-state index contributed by atoms with van der Waals surface area (Å²) in [5.41, 5.74) is 3.05. The lowest BCUT2D eigenvalue weighted by atomic mass is 9.95. The van der Waals surface area contributed by atoms with Gasteiger partial charge in [-0.2, -0.15) is 5.10 Å². The van der Waals surface area contributed by atoms with E-state index < -0.39 is 0 Å². The first-order valence-corrected chi connectivity index (χ1v) is 8.32. The fourth-order valence-electron chi connectivity index (χ4n) is 3.19. The quantitative estimate of drug-likeness (QED) is 0.794. The maximum atomic E-state index is 12.8. The third-order valence-electron chi connectivity index (χ3n) is 4.48. The number of carbonyl (C=O) groups is 1. The molecule has 25 heavy (non-hydrogen) atoms. The average Bonchev–Trinajstić information content (AvgIpc) is 3.19. The Bertz CT molecular complexity index is 848. The van der Waals surface area contributed by atoms with Crippen LogP contribution in [0.2, 0.25) is 0 Å². The van der Waals surface area contributed by atoms with Crippen molar-refractivity contribution < 1.29 is 4.79 Å². The highest BCUT2D eigenvalue weighted by Gasteiger charge is 2.27. The Kier molecular flexibility index (Phi) is 4.20. The van der Waals surface area contributed by atoms with Crippen LogP contribution in [0.25, 0.3) is 11.3 Å². The van der Waals surface area contributed by atoms with E-state index in [1.807, 2.05) is 17.0 Å². The van der Waals surface area contributed by atoms with Gasteiger partial charge in [-0.05, 0) is 31.0 Å². The first kappa shape index (κ1) is 15.4. The van der Waals surface area contributed by atoms with E-state index in [0.717, 1.165) is 36.3 Å². The van der Waals surface area contributed by atoms with Crippen LogP contribution in [-0.4, -0.2) is 49.0 Å². The van der Waals surface area contributed by atoms with Crippen LogP contribution in [-0.2, 0) is 0 Å². The molecule has 0 saturated carbocycles. The minimum absolute atomic E-state index is 0.0313. The zero-order chi connectivity index (χ0) is 17.1. The number of likely N-dealkylation sites (tertiary alicyclic amines) is 1. The maximum Gasteiger partial charge on any atom is 0.271 e. The van der Waals surface area contributed by atoms with Gasteiger partial charge in [0.05, 0.1) is 11.4 Å². The number of hydrogen-bond acceptors (Lipinski definition) is 5. The molecule has 0 radical (unpaired) electrons. The molecule has 1 saturated heterocycles. The predicted molar refractivity (Wildman–Crippen MR) is 91.7 cm³/mol. The lowest BCUT2D eigenvalue weighted by molar-refractivity contribution is 0.0699. The molecular weight excluding hydrogens is 316 g/mol. The van der Waals surface area contributed by atoms with E-state index >= 15 is 0 Å². The number of carbonyl (C=O) groups excluding carboxylic acids is 1. The van der Waals surface area contributed by atoms with Crippen LogP contribution < -0.4 is 0 Å². The van der Waals surface area contributed by atoms with Crippen molar-refractivity contribution in [2.24, 2.45) is 0 Å². The summed E-state index contributed by atoms with van der Waals surface area (Å²) in [4.78, 5) is 27.3. The van der Waals surface area contributed by atoms with Crippen molar-refractivity contribution in [3.8, 4) is 11.3 Å². The zero-order valence-electron chi connectivity index (χ0n) is 13.7. The second-order valence-corrected chi connectivity index (χ2v) is 6.13. The van der Waals surface area contributed by atoms with Crippen molar-refractivity contribution in [1.82, 2.24) is 30.0 Å². The molecule has 0 bridgehead atoms. The molecule has 1 aliphatic heterocycles. The summed E-state index contributed by atoms with van der Waals surface area (Å²) in [5.74, 6) is 0.198. The molecule has 1 atom stereocenters. The summed E-state index contributed by atoms with van der Waals surface area (Å²) >= 11 is 0. The second kappa shape index (κ2) is 6.80. The minimum atomic E-state index is -0.0313. The number of amides is 1. The number of rotatable bonds is 3. The van der Waals surface area contributed by atoms with Gasteiger partial charge in [0.25, 0.3) is 5.91 Å². The van der Waals surface area contributed by atoms with Gasteiger partial charge >= 0.3 is 0 Å². The topological polar surface area (TPSA) is 87.7 Å². The number of pyridine rings is 1. The highest BCUT2D eigenvalue weighted by Crippen LogP contribution is 2.26. The molecule has 1 amide bonds. The molecule has 7 heteroatoms. The Morgan fingerprint density at radius 2 is 2.12 bits per heavy atom. The monoisotopic (exact) mass is 334 g/mol. The maximum absolute atomic E-state index is 12.8. The number of nitrogens with one attached hydrogen (secondary N) is 1. The van der Waals surface area contributed by atoms with E-state index in [4.69, 9.17) is 0 Å². The first-order chi connectivity index (χ1) is 12.3. The van der Waals surface area contributed by atoms with Crippen LogP contribution in [0.5, 0.6) is 0 Å². The predicted octanol–water partition coefficient (Wildman–Crippen LogP) is 2.28. The summed E-state index contributed by atoms with van der Waals surface area (Å²) < 4.78 is 0. The Morgan fingerprint density at radius 1 is 1.20 bits per heavy atom. The van der Waals surface area contributed by atoms with Crippen molar-refractivity contribution >= 4 is 5.91 Å². The average molecular weight is 334 g/mol. The first-order valence-electron chi connectivity index (χ1n) is 8.32. The van der Waals surface area contributed by atoms with Gasteiger partial charge in [0, 0.05) is 55.6 Å². The smallest absolute Gasteiger partial charge is 0.271 e. The van der Waals surface area contributed by atoms with Crippen molar-refractivity contribution in [2.75, 3.05) is 13.1 Å². The largest absolute Gasteiger partial charge is 0.337 e. The molecule has 0 spiro atoms. The minimum Gasteiger partial charge on any atom is -0.337 e. The highest BCUT2D eigenvalue weighted by molar-refractivity contribution is 5.93. The summed E-state index contributed by atoms with van der Waals surface area (Å²) in [6.45, 7) is 1.40. The van der Waals surface area contributed by atoms with Crippen LogP contribution in [0.15, 0.2) is 49.2 Å². The van der Waals surface area contributed by atoms with Gasteiger partial charge in [-0.1, -0.05) is 0 Å². The molecule has 1 N–H and O–H groups in total. The van der Waals surface area contributed by atoms with Crippen molar-refractivity contribution in [3.63, 3.8) is 0 Å². The lowest BCUT2D eigenvalue weighted by Crippen LogP contribution is -2.39. The molecule has 7 nitrogen and oxygen atoms in total. The molecule has 0 aliphatic carbocycles. The van der Waals surface area contributed by atoms with E-state index in [-0.39, 0.29) is 11.8 Å². The molecule has 0 aromatic carbocycles. The fraction of sp³-hybridized carbons (Fsp3) is 0.278. The fourth-order valence-corrected chi connectivity index (χ4v) is 3.19. The van der Waals surface area contributed by atoms with Crippen molar-refractivity contribution in [3.05, 3.63) is 60.6 Å². The summed E-state index contributed by atoms with van der Waals surface area (Å²) in [6, 6.07) is 5.55. The van der Waals surface area contributed by atoms with Crippen LogP contribution in [0.3, 0.4) is 0 Å². The van der Waals surface area contributed by atoms with E-state index in [1.165, 1.54) is 0 Å². The number of aromatic amines is 1. The molecule has 3 aromatic rings. The van der Waals surface area contributed by atoms with Gasteiger partial charge in [-0.3, -0.25) is 24.8 Å². The van der Waals surface area contributed by atoms with Crippen LogP contribution in [0.1, 0.15) is 34.9 Å². The molecule has 3 aromatic heterocycles. The van der Waals surface area contributed by atoms with Gasteiger partial charge in [0.2, 0.25) is 0 Å². The number of nitrogens with zero attached hydrogens (tertiary/aromatic N) is 5. The second-order valence-electron chi connectivity index (χ2n) is 6.13. The van der Waals surface area contributed by atoms with E-state index in [2.05, 4.69) is 25.1 Å². The zero-order valence-corrected chi connectivity index (χ0v) is 13.7. The van der Waals surface area contributed by atoms with Crippen LogP contribution in [0, 0.1) is 0 Å². The summed E-state index contributed by atoms with van der Waals surface area (Å²) in [7, 11) is 0. The number of hydrogen-bond donors (Lipinski definition) is 1.